The minimum absolute atomic E-state index is 0. The van der Waals surface area contributed by atoms with Crippen LogP contribution in [0.25, 0.3) is 0 Å². The number of carbonyl (C=O) groups is 1. The minimum atomic E-state index is -0.201. The lowest BCUT2D eigenvalue weighted by Gasteiger charge is -2.11. The Labute approximate surface area is 155 Å². The van der Waals surface area contributed by atoms with Crippen LogP contribution < -0.4 is 16.0 Å². The molecule has 0 saturated carbocycles. The van der Waals surface area contributed by atoms with Gasteiger partial charge in [-0.05, 0) is 25.5 Å². The molecule has 1 aromatic heterocycles. The van der Waals surface area contributed by atoms with Crippen molar-refractivity contribution in [2.45, 2.75) is 39.5 Å². The van der Waals surface area contributed by atoms with E-state index in [1.165, 1.54) is 25.5 Å². The number of furan rings is 1. The third-order valence-electron chi connectivity index (χ3n) is 3.07. The normalized spacial score (nSPS) is 10.8. The largest absolute Gasteiger partial charge is 0.459 e. The molecule has 3 N–H and O–H groups in total. The van der Waals surface area contributed by atoms with Gasteiger partial charge in [-0.15, -0.1) is 24.0 Å². The van der Waals surface area contributed by atoms with Crippen LogP contribution in [0.15, 0.2) is 27.8 Å². The summed E-state index contributed by atoms with van der Waals surface area (Å²) in [5.74, 6) is 0.927. The molecule has 0 bridgehead atoms. The Bertz CT molecular complexity index is 435. The monoisotopic (exact) mass is 436 g/mol. The van der Waals surface area contributed by atoms with Crippen molar-refractivity contribution in [3.63, 3.8) is 0 Å². The number of unbranched alkanes of at least 4 members (excludes halogenated alkanes) is 3. The summed E-state index contributed by atoms with van der Waals surface area (Å²) in [6.07, 6.45) is 6.32. The van der Waals surface area contributed by atoms with Crippen LogP contribution in [0.5, 0.6) is 0 Å². The van der Waals surface area contributed by atoms with E-state index in [2.05, 4.69) is 27.9 Å². The number of nitrogens with zero attached hydrogens (tertiary/aromatic N) is 1. The van der Waals surface area contributed by atoms with Gasteiger partial charge in [0.2, 0.25) is 0 Å². The molecule has 23 heavy (non-hydrogen) atoms. The van der Waals surface area contributed by atoms with Crippen molar-refractivity contribution in [1.29, 1.82) is 0 Å². The van der Waals surface area contributed by atoms with E-state index < -0.39 is 0 Å². The van der Waals surface area contributed by atoms with Crippen molar-refractivity contribution in [3.05, 3.63) is 24.2 Å². The standard InChI is InChI=1S/C16H28N4O2.HI/c1-3-5-6-7-10-19-16(17-4-2)20-12-11-18-15(21)14-9-8-13-22-14;/h8-9,13H,3-7,10-12H2,1-2H3,(H,18,21)(H2,17,19,20);1H. The highest BCUT2D eigenvalue weighted by atomic mass is 127. The Morgan fingerprint density at radius 2 is 1.91 bits per heavy atom. The highest BCUT2D eigenvalue weighted by molar-refractivity contribution is 14.0. The van der Waals surface area contributed by atoms with Crippen molar-refractivity contribution >= 4 is 35.8 Å². The maximum absolute atomic E-state index is 11.7. The molecule has 0 aliphatic carbocycles. The van der Waals surface area contributed by atoms with Gasteiger partial charge in [0, 0.05) is 26.2 Å². The molecule has 0 radical (unpaired) electrons. The van der Waals surface area contributed by atoms with Gasteiger partial charge in [-0.25, -0.2) is 0 Å². The van der Waals surface area contributed by atoms with E-state index in [1.54, 1.807) is 12.1 Å². The van der Waals surface area contributed by atoms with Crippen molar-refractivity contribution in [1.82, 2.24) is 16.0 Å². The van der Waals surface area contributed by atoms with Gasteiger partial charge in [-0.3, -0.25) is 9.79 Å². The van der Waals surface area contributed by atoms with E-state index in [0.717, 1.165) is 25.5 Å². The first-order chi connectivity index (χ1) is 10.8. The van der Waals surface area contributed by atoms with E-state index in [4.69, 9.17) is 4.42 Å². The third kappa shape index (κ3) is 10.2. The van der Waals surface area contributed by atoms with Crippen LogP contribution in [-0.4, -0.2) is 38.0 Å². The predicted octanol–water partition coefficient (Wildman–Crippen LogP) is 2.76. The van der Waals surface area contributed by atoms with E-state index >= 15 is 0 Å². The molecular formula is C16H29IN4O2. The molecule has 0 aromatic carbocycles. The molecule has 1 rings (SSSR count). The zero-order chi connectivity index (χ0) is 16.0. The predicted molar refractivity (Wildman–Crippen MR) is 105 cm³/mol. The zero-order valence-corrected chi connectivity index (χ0v) is 16.4. The summed E-state index contributed by atoms with van der Waals surface area (Å²) in [7, 11) is 0. The smallest absolute Gasteiger partial charge is 0.287 e. The van der Waals surface area contributed by atoms with Crippen LogP contribution in [0.2, 0.25) is 0 Å². The van der Waals surface area contributed by atoms with E-state index in [1.807, 2.05) is 6.92 Å². The molecule has 0 spiro atoms. The molecular weight excluding hydrogens is 407 g/mol. The number of amides is 1. The number of rotatable bonds is 10. The molecule has 7 heteroatoms. The van der Waals surface area contributed by atoms with Gasteiger partial charge in [0.25, 0.3) is 5.91 Å². The SMILES string of the molecule is CCCCCCN=C(NCC)NCCNC(=O)c1ccco1.I. The van der Waals surface area contributed by atoms with E-state index in [9.17, 15) is 4.79 Å². The number of carbonyl (C=O) groups excluding carboxylic acids is 1. The van der Waals surface area contributed by atoms with E-state index in [-0.39, 0.29) is 29.9 Å². The summed E-state index contributed by atoms with van der Waals surface area (Å²) < 4.78 is 5.03. The fourth-order valence-electron chi connectivity index (χ4n) is 1.92. The van der Waals surface area contributed by atoms with Crippen LogP contribution in [0.1, 0.15) is 50.1 Å². The molecule has 132 valence electrons. The Morgan fingerprint density at radius 1 is 1.13 bits per heavy atom. The topological polar surface area (TPSA) is 78.7 Å². The number of hydrogen-bond donors (Lipinski definition) is 3. The van der Waals surface area contributed by atoms with Crippen LogP contribution in [0, 0.1) is 0 Å². The van der Waals surface area contributed by atoms with Crippen molar-refractivity contribution in [2.75, 3.05) is 26.2 Å². The molecule has 0 aliphatic rings. The van der Waals surface area contributed by atoms with Gasteiger partial charge < -0.3 is 20.4 Å². The molecule has 1 aromatic rings. The first kappa shape index (κ1) is 21.8. The Balaban J connectivity index is 0.00000484. The molecule has 1 amide bonds. The molecule has 0 fully saturated rings. The maximum Gasteiger partial charge on any atom is 0.287 e. The second kappa shape index (κ2) is 14.3. The lowest BCUT2D eigenvalue weighted by Crippen LogP contribution is -2.41. The molecule has 6 nitrogen and oxygen atoms in total. The Hall–Kier alpha value is -1.25. The fraction of sp³-hybridized carbons (Fsp3) is 0.625. The van der Waals surface area contributed by atoms with Crippen molar-refractivity contribution < 1.29 is 9.21 Å². The zero-order valence-electron chi connectivity index (χ0n) is 14.1. The second-order valence-corrected chi connectivity index (χ2v) is 4.98. The van der Waals surface area contributed by atoms with Crippen molar-refractivity contribution in [2.24, 2.45) is 4.99 Å². The van der Waals surface area contributed by atoms with Crippen LogP contribution >= 0.6 is 24.0 Å². The molecule has 0 atom stereocenters. The Kier molecular flexibility index (Phi) is 13.6. The minimum Gasteiger partial charge on any atom is -0.459 e. The number of aliphatic imine (C=N–C) groups is 1. The first-order valence-corrected chi connectivity index (χ1v) is 8.11. The lowest BCUT2D eigenvalue weighted by molar-refractivity contribution is 0.0926. The van der Waals surface area contributed by atoms with Gasteiger partial charge in [0.1, 0.15) is 0 Å². The summed E-state index contributed by atoms with van der Waals surface area (Å²) in [6.45, 7) is 7.01. The van der Waals surface area contributed by atoms with Crippen molar-refractivity contribution in [3.8, 4) is 0 Å². The molecule has 0 aliphatic heterocycles. The van der Waals surface area contributed by atoms with Gasteiger partial charge in [0.05, 0.1) is 6.26 Å². The van der Waals surface area contributed by atoms with Gasteiger partial charge in [0.15, 0.2) is 11.7 Å². The highest BCUT2D eigenvalue weighted by Gasteiger charge is 2.06. The number of nitrogens with one attached hydrogen (secondary N) is 3. The molecule has 0 unspecified atom stereocenters. The summed E-state index contributed by atoms with van der Waals surface area (Å²) >= 11 is 0. The summed E-state index contributed by atoms with van der Waals surface area (Å²) in [6, 6.07) is 3.34. The average Bonchev–Trinajstić information content (AvgIpc) is 3.05. The summed E-state index contributed by atoms with van der Waals surface area (Å²) in [5, 5.41) is 9.19. The first-order valence-electron chi connectivity index (χ1n) is 8.11. The number of guanidine groups is 1. The molecule has 0 saturated heterocycles. The fourth-order valence-corrected chi connectivity index (χ4v) is 1.92. The van der Waals surface area contributed by atoms with Crippen LogP contribution in [0.4, 0.5) is 0 Å². The van der Waals surface area contributed by atoms with Gasteiger partial charge in [-0.2, -0.15) is 0 Å². The summed E-state index contributed by atoms with van der Waals surface area (Å²) in [4.78, 5) is 16.2. The Morgan fingerprint density at radius 3 is 2.57 bits per heavy atom. The van der Waals surface area contributed by atoms with Gasteiger partial charge >= 0.3 is 0 Å². The molecule has 1 heterocycles. The second-order valence-electron chi connectivity index (χ2n) is 4.98. The average molecular weight is 436 g/mol. The highest BCUT2D eigenvalue weighted by Crippen LogP contribution is 1.99. The van der Waals surface area contributed by atoms with Crippen LogP contribution in [-0.2, 0) is 0 Å². The lowest BCUT2D eigenvalue weighted by atomic mass is 10.2. The third-order valence-corrected chi connectivity index (χ3v) is 3.07. The van der Waals surface area contributed by atoms with Gasteiger partial charge in [-0.1, -0.05) is 26.2 Å². The quantitative estimate of drug-likeness (QED) is 0.228. The van der Waals surface area contributed by atoms with E-state index in [0.29, 0.717) is 18.8 Å². The number of hydrogen-bond acceptors (Lipinski definition) is 3. The summed E-state index contributed by atoms with van der Waals surface area (Å²) in [5.41, 5.74) is 0. The maximum atomic E-state index is 11.7. The number of halogens is 1. The van der Waals surface area contributed by atoms with Crippen LogP contribution in [0.3, 0.4) is 0 Å².